The number of esters is 1. The highest BCUT2D eigenvalue weighted by atomic mass is 16.5. The zero-order valence-corrected chi connectivity index (χ0v) is 17.9. The van der Waals surface area contributed by atoms with E-state index in [1.165, 1.54) is 6.92 Å². The number of Topliss-reactive ketones (excluding diaryl/α,β-unsaturated/α-hetero) is 1. The van der Waals surface area contributed by atoms with Crippen molar-refractivity contribution in [3.63, 3.8) is 0 Å². The number of fused-ring (bicyclic) bond motifs is 5. The lowest BCUT2D eigenvalue weighted by atomic mass is 9.46. The van der Waals surface area contributed by atoms with Gasteiger partial charge in [-0.15, -0.1) is 0 Å². The molecule has 1 saturated heterocycles. The van der Waals surface area contributed by atoms with E-state index in [1.807, 2.05) is 20.8 Å². The van der Waals surface area contributed by atoms with Crippen LogP contribution in [0.4, 0.5) is 0 Å². The zero-order valence-electron chi connectivity index (χ0n) is 17.9. The lowest BCUT2D eigenvalue weighted by Gasteiger charge is -2.61. The molecule has 0 aromatic heterocycles. The Hall–Kier alpha value is -1.60. The van der Waals surface area contributed by atoms with E-state index >= 15 is 0 Å². The van der Waals surface area contributed by atoms with E-state index in [0.29, 0.717) is 37.9 Å². The van der Waals surface area contributed by atoms with E-state index in [4.69, 9.17) is 9.47 Å². The van der Waals surface area contributed by atoms with E-state index in [1.54, 1.807) is 6.92 Å². The molecule has 29 heavy (non-hydrogen) atoms. The molecule has 0 spiro atoms. The average Bonchev–Trinajstić information content (AvgIpc) is 2.62. The normalized spacial score (nSPS) is 45.9. The van der Waals surface area contributed by atoms with Crippen LogP contribution in [0.25, 0.3) is 0 Å². The first-order valence-corrected chi connectivity index (χ1v) is 10.6. The van der Waals surface area contributed by atoms with Crippen LogP contribution in [-0.4, -0.2) is 47.3 Å². The van der Waals surface area contributed by atoms with Gasteiger partial charge in [0.1, 0.15) is 5.54 Å². The molecule has 3 fully saturated rings. The monoisotopic (exact) mass is 405 g/mol. The van der Waals surface area contributed by atoms with Crippen molar-refractivity contribution in [3.8, 4) is 0 Å². The number of aliphatic hydroxyl groups is 1. The van der Waals surface area contributed by atoms with Gasteiger partial charge < -0.3 is 14.6 Å². The highest BCUT2D eigenvalue weighted by Gasteiger charge is 2.67. The van der Waals surface area contributed by atoms with Crippen molar-refractivity contribution in [1.82, 2.24) is 0 Å². The molecule has 160 valence electrons. The third kappa shape index (κ3) is 2.56. The van der Waals surface area contributed by atoms with Crippen LogP contribution in [-0.2, 0) is 19.1 Å². The summed E-state index contributed by atoms with van der Waals surface area (Å²) in [5, 5.41) is 14.8. The fraction of sp³-hybridized carbons (Fsp3) is 0.818. The summed E-state index contributed by atoms with van der Waals surface area (Å²) < 4.78 is 11.3. The lowest BCUT2D eigenvalue weighted by molar-refractivity contribution is -0.232. The van der Waals surface area contributed by atoms with Gasteiger partial charge in [0.2, 0.25) is 0 Å². The van der Waals surface area contributed by atoms with Crippen molar-refractivity contribution in [2.75, 3.05) is 6.61 Å². The zero-order chi connectivity index (χ0) is 21.4. The van der Waals surface area contributed by atoms with Crippen LogP contribution in [0.3, 0.4) is 0 Å². The van der Waals surface area contributed by atoms with Crippen molar-refractivity contribution >= 4 is 11.8 Å². The highest BCUT2D eigenvalue weighted by Crippen LogP contribution is 2.62. The largest absolute Gasteiger partial charge is 0.450 e. The van der Waals surface area contributed by atoms with E-state index in [0.717, 1.165) is 5.57 Å². The molecule has 2 bridgehead atoms. The van der Waals surface area contributed by atoms with Crippen LogP contribution < -0.4 is 0 Å². The molecule has 4 rings (SSSR count). The summed E-state index contributed by atoms with van der Waals surface area (Å²) in [7, 11) is 0. The minimum absolute atomic E-state index is 0.0910. The van der Waals surface area contributed by atoms with Gasteiger partial charge in [-0.25, -0.2) is 0 Å². The van der Waals surface area contributed by atoms with Crippen molar-refractivity contribution in [2.45, 2.75) is 84.2 Å². The van der Waals surface area contributed by atoms with Crippen LogP contribution in [0.15, 0.2) is 16.3 Å². The average molecular weight is 405 g/mol. The van der Waals surface area contributed by atoms with Crippen LogP contribution in [0.2, 0.25) is 0 Å². The molecule has 7 heteroatoms. The molecule has 1 heterocycles. The molecule has 4 aliphatic rings. The van der Waals surface area contributed by atoms with Crippen molar-refractivity contribution in [3.05, 3.63) is 16.1 Å². The van der Waals surface area contributed by atoms with Crippen LogP contribution in [0.1, 0.15) is 60.3 Å². The maximum absolute atomic E-state index is 14.0. The maximum Gasteiger partial charge on any atom is 0.303 e. The third-order valence-corrected chi connectivity index (χ3v) is 8.67. The van der Waals surface area contributed by atoms with Gasteiger partial charge in [0.25, 0.3) is 0 Å². The summed E-state index contributed by atoms with van der Waals surface area (Å²) in [4.78, 5) is 38.4. The molecule has 1 N–H and O–H groups in total. The van der Waals surface area contributed by atoms with Gasteiger partial charge >= 0.3 is 5.97 Å². The molecule has 7 nitrogen and oxygen atoms in total. The van der Waals surface area contributed by atoms with Gasteiger partial charge in [-0.05, 0) is 44.6 Å². The van der Waals surface area contributed by atoms with Gasteiger partial charge in [-0.3, -0.25) is 9.59 Å². The molecule has 7 atom stereocenters. The fourth-order valence-electron chi connectivity index (χ4n) is 6.62. The Bertz CT molecular complexity index is 803. The summed E-state index contributed by atoms with van der Waals surface area (Å²) in [6, 6.07) is 0. The van der Waals surface area contributed by atoms with Gasteiger partial charge in [0, 0.05) is 24.7 Å². The maximum atomic E-state index is 14.0. The Labute approximate surface area is 171 Å². The van der Waals surface area contributed by atoms with Crippen molar-refractivity contribution < 1.29 is 24.2 Å². The summed E-state index contributed by atoms with van der Waals surface area (Å²) >= 11 is 0. The number of nitroso groups, excluding NO2 is 1. The van der Waals surface area contributed by atoms with E-state index in [9.17, 15) is 19.6 Å². The second-order valence-corrected chi connectivity index (χ2v) is 10.2. The molecule has 0 aromatic rings. The van der Waals surface area contributed by atoms with Gasteiger partial charge in [-0.2, -0.15) is 4.91 Å². The van der Waals surface area contributed by atoms with Crippen LogP contribution in [0, 0.1) is 27.6 Å². The predicted molar refractivity (Wildman–Crippen MR) is 105 cm³/mol. The van der Waals surface area contributed by atoms with Crippen LogP contribution in [0.5, 0.6) is 0 Å². The molecule has 0 amide bonds. The van der Waals surface area contributed by atoms with Gasteiger partial charge in [0.05, 0.1) is 24.2 Å². The Morgan fingerprint density at radius 3 is 2.55 bits per heavy atom. The summed E-state index contributed by atoms with van der Waals surface area (Å²) in [6.07, 6.45) is -0.118. The Morgan fingerprint density at radius 1 is 1.31 bits per heavy atom. The summed E-state index contributed by atoms with van der Waals surface area (Å²) in [6.45, 7) is 9.39. The number of rotatable bonds is 2. The smallest absolute Gasteiger partial charge is 0.303 e. The third-order valence-electron chi connectivity index (χ3n) is 8.67. The predicted octanol–water partition coefficient (Wildman–Crippen LogP) is 2.93. The molecule has 2 saturated carbocycles. The first-order valence-electron chi connectivity index (χ1n) is 10.6. The number of hydrogen-bond acceptors (Lipinski definition) is 7. The number of ketones is 1. The minimum Gasteiger partial charge on any atom is -0.450 e. The molecule has 0 aromatic carbocycles. The number of hydrogen-bond donors (Lipinski definition) is 1. The number of nitrogens with zero attached hydrogens (tertiary/aromatic N) is 1. The molecule has 3 aliphatic carbocycles. The van der Waals surface area contributed by atoms with E-state index in [2.05, 4.69) is 5.18 Å². The Balaban J connectivity index is 1.96. The molecular formula is C22H31NO6. The number of carbonyl (C=O) groups excluding carboxylic acids is 2. The molecule has 1 aliphatic heterocycles. The fourth-order valence-corrected chi connectivity index (χ4v) is 6.62. The molecular weight excluding hydrogens is 374 g/mol. The standard InChI is InChI=1S/C22H31NO6/c1-11-6-7-22(23-27)9-14-13-10-28-15(13)8-16(25)21(14,5)19(26)18(29-12(2)24)17(11)20(22,3)4/h13-16,18,25H,6-10H2,1-5H3/t13-,14?,15+,16-,18+,21-,22+/m0/s1. The summed E-state index contributed by atoms with van der Waals surface area (Å²) in [5.41, 5.74) is -1.14. The van der Waals surface area contributed by atoms with Crippen molar-refractivity contribution in [2.24, 2.45) is 27.8 Å². The molecule has 0 radical (unpaired) electrons. The molecule has 1 unspecified atom stereocenters. The van der Waals surface area contributed by atoms with E-state index in [-0.39, 0.29) is 23.7 Å². The van der Waals surface area contributed by atoms with Crippen LogP contribution >= 0.6 is 0 Å². The van der Waals surface area contributed by atoms with Gasteiger partial charge in [-0.1, -0.05) is 24.6 Å². The second kappa shape index (κ2) is 6.45. The summed E-state index contributed by atoms with van der Waals surface area (Å²) in [5.74, 6) is -0.981. The quantitative estimate of drug-likeness (QED) is 0.430. The Kier molecular flexibility index (Phi) is 4.59. The van der Waals surface area contributed by atoms with Crippen molar-refractivity contribution in [1.29, 1.82) is 0 Å². The Morgan fingerprint density at radius 2 is 2.00 bits per heavy atom. The van der Waals surface area contributed by atoms with Gasteiger partial charge in [0.15, 0.2) is 11.9 Å². The first-order chi connectivity index (χ1) is 13.5. The first kappa shape index (κ1) is 20.7. The lowest BCUT2D eigenvalue weighted by Crippen LogP contribution is -2.68. The minimum atomic E-state index is -1.12. The highest BCUT2D eigenvalue weighted by molar-refractivity contribution is 5.94. The topological polar surface area (TPSA) is 102 Å². The van der Waals surface area contributed by atoms with E-state index < -0.39 is 34.5 Å². The number of aliphatic hydroxyl groups excluding tert-OH is 1. The SMILES string of the molecule is CC(=O)O[C@H]1C(=O)[C@@]2(C)C(C[C@]3(N=O)CCC(C)=C1C3(C)C)[C@@H]1CO[C@@H]1C[C@@H]2O. The number of allylic oxidation sites excluding steroid dienone is 1. The number of carbonyl (C=O) groups is 2. The second-order valence-electron chi connectivity index (χ2n) is 10.2. The number of ether oxygens (including phenoxy) is 2.